The predicted octanol–water partition coefficient (Wildman–Crippen LogP) is 3.72. The Labute approximate surface area is 164 Å². The molecule has 28 heavy (non-hydrogen) atoms. The monoisotopic (exact) mass is 382 g/mol. The SMILES string of the molecule is CC1CCC(NC(=O)C2CCN(c3oc(-c4ccco4)nc3C#N)CC2)CC1. The number of furan rings is 1. The fraction of sp³-hybridized carbons (Fsp3) is 0.571. The van der Waals surface area contributed by atoms with E-state index in [0.717, 1.165) is 31.6 Å². The summed E-state index contributed by atoms with van der Waals surface area (Å²) in [5.41, 5.74) is 0.255. The van der Waals surface area contributed by atoms with Crippen molar-refractivity contribution >= 4 is 11.8 Å². The van der Waals surface area contributed by atoms with E-state index in [9.17, 15) is 10.1 Å². The zero-order chi connectivity index (χ0) is 19.5. The van der Waals surface area contributed by atoms with Crippen LogP contribution in [-0.2, 0) is 4.79 Å². The lowest BCUT2D eigenvalue weighted by atomic mass is 9.86. The predicted molar refractivity (Wildman–Crippen MR) is 103 cm³/mol. The van der Waals surface area contributed by atoms with Crippen LogP contribution in [-0.4, -0.2) is 30.0 Å². The standard InChI is InChI=1S/C21H26N4O3/c1-14-4-6-16(7-5-14)23-19(26)15-8-10-25(11-9-15)21-17(13-22)24-20(28-21)18-3-2-12-27-18/h2-3,12,14-16H,4-11H2,1H3,(H,23,26). The third kappa shape index (κ3) is 3.91. The fourth-order valence-electron chi connectivity index (χ4n) is 4.17. The number of nitrogens with zero attached hydrogens (tertiary/aromatic N) is 3. The van der Waals surface area contributed by atoms with Gasteiger partial charge in [-0.05, 0) is 56.6 Å². The van der Waals surface area contributed by atoms with E-state index in [-0.39, 0.29) is 17.5 Å². The molecular weight excluding hydrogens is 356 g/mol. The summed E-state index contributed by atoms with van der Waals surface area (Å²) < 4.78 is 11.1. The van der Waals surface area contributed by atoms with Gasteiger partial charge in [-0.2, -0.15) is 10.2 Å². The summed E-state index contributed by atoms with van der Waals surface area (Å²) >= 11 is 0. The lowest BCUT2D eigenvalue weighted by Gasteiger charge is -2.33. The third-order valence-corrected chi connectivity index (χ3v) is 5.96. The first kappa shape index (κ1) is 18.6. The molecule has 0 bridgehead atoms. The van der Waals surface area contributed by atoms with Gasteiger partial charge in [-0.25, -0.2) is 0 Å². The van der Waals surface area contributed by atoms with Gasteiger partial charge in [-0.15, -0.1) is 0 Å². The van der Waals surface area contributed by atoms with Gasteiger partial charge in [0.05, 0.1) is 6.26 Å². The van der Waals surface area contributed by atoms with Gasteiger partial charge in [-0.3, -0.25) is 4.79 Å². The second-order valence-corrected chi connectivity index (χ2v) is 7.99. The molecule has 0 aromatic carbocycles. The summed E-state index contributed by atoms with van der Waals surface area (Å²) in [5.74, 6) is 2.25. The Balaban J connectivity index is 1.35. The molecule has 148 valence electrons. The largest absolute Gasteiger partial charge is 0.459 e. The summed E-state index contributed by atoms with van der Waals surface area (Å²) in [6.45, 7) is 3.62. The molecule has 4 rings (SSSR count). The van der Waals surface area contributed by atoms with Crippen LogP contribution in [0.3, 0.4) is 0 Å². The number of nitriles is 1. The number of oxazole rings is 1. The highest BCUT2D eigenvalue weighted by Crippen LogP contribution is 2.31. The molecule has 3 heterocycles. The van der Waals surface area contributed by atoms with Crippen molar-refractivity contribution in [3.63, 3.8) is 0 Å². The van der Waals surface area contributed by atoms with Crippen LogP contribution in [0.25, 0.3) is 11.7 Å². The van der Waals surface area contributed by atoms with Gasteiger partial charge in [0.1, 0.15) is 6.07 Å². The second-order valence-electron chi connectivity index (χ2n) is 7.99. The van der Waals surface area contributed by atoms with Crippen molar-refractivity contribution in [2.75, 3.05) is 18.0 Å². The first-order chi connectivity index (χ1) is 13.6. The van der Waals surface area contributed by atoms with Crippen molar-refractivity contribution in [3.8, 4) is 17.7 Å². The molecule has 0 unspecified atom stereocenters. The first-order valence-electron chi connectivity index (χ1n) is 10.1. The quantitative estimate of drug-likeness (QED) is 0.866. The highest BCUT2D eigenvalue weighted by atomic mass is 16.4. The average molecular weight is 382 g/mol. The molecular formula is C21H26N4O3. The number of hydrogen-bond donors (Lipinski definition) is 1. The number of hydrogen-bond acceptors (Lipinski definition) is 6. The lowest BCUT2D eigenvalue weighted by molar-refractivity contribution is -0.126. The highest BCUT2D eigenvalue weighted by molar-refractivity contribution is 5.79. The van der Waals surface area contributed by atoms with Crippen LogP contribution in [0, 0.1) is 23.2 Å². The maximum Gasteiger partial charge on any atom is 0.266 e. The number of carbonyl (C=O) groups excluding carboxylic acids is 1. The Bertz CT molecular complexity index is 836. The van der Waals surface area contributed by atoms with E-state index < -0.39 is 0 Å². The number of nitrogens with one attached hydrogen (secondary N) is 1. The zero-order valence-corrected chi connectivity index (χ0v) is 16.2. The number of carbonyl (C=O) groups is 1. The van der Waals surface area contributed by atoms with Crippen molar-refractivity contribution in [1.29, 1.82) is 5.26 Å². The molecule has 1 N–H and O–H groups in total. The van der Waals surface area contributed by atoms with Crippen molar-refractivity contribution in [2.45, 2.75) is 51.5 Å². The molecule has 7 heteroatoms. The molecule has 0 atom stereocenters. The Kier molecular flexibility index (Phi) is 5.38. The van der Waals surface area contributed by atoms with Gasteiger partial charge >= 0.3 is 0 Å². The van der Waals surface area contributed by atoms with Gasteiger partial charge in [-0.1, -0.05) is 6.92 Å². The maximum atomic E-state index is 12.6. The second kappa shape index (κ2) is 8.09. The molecule has 0 spiro atoms. The minimum absolute atomic E-state index is 0.0219. The van der Waals surface area contributed by atoms with Gasteiger partial charge in [0.15, 0.2) is 5.76 Å². The van der Waals surface area contributed by atoms with E-state index in [1.807, 2.05) is 4.90 Å². The molecule has 1 aliphatic heterocycles. The summed E-state index contributed by atoms with van der Waals surface area (Å²) in [6.07, 6.45) is 7.61. The Morgan fingerprint density at radius 3 is 2.64 bits per heavy atom. The van der Waals surface area contributed by atoms with Crippen LogP contribution in [0.4, 0.5) is 5.88 Å². The Morgan fingerprint density at radius 1 is 1.25 bits per heavy atom. The van der Waals surface area contributed by atoms with E-state index in [2.05, 4.69) is 23.3 Å². The van der Waals surface area contributed by atoms with Gasteiger partial charge < -0.3 is 19.1 Å². The van der Waals surface area contributed by atoms with Crippen LogP contribution < -0.4 is 10.2 Å². The smallest absolute Gasteiger partial charge is 0.266 e. The van der Waals surface area contributed by atoms with Crippen molar-refractivity contribution in [1.82, 2.24) is 10.3 Å². The normalized spacial score (nSPS) is 23.4. The van der Waals surface area contributed by atoms with Crippen molar-refractivity contribution in [3.05, 3.63) is 24.1 Å². The molecule has 1 aliphatic carbocycles. The van der Waals surface area contributed by atoms with Gasteiger partial charge in [0, 0.05) is 25.0 Å². The minimum Gasteiger partial charge on any atom is -0.459 e. The summed E-state index contributed by atoms with van der Waals surface area (Å²) in [4.78, 5) is 18.9. The average Bonchev–Trinajstić information content (AvgIpc) is 3.39. The molecule has 2 aliphatic rings. The fourth-order valence-corrected chi connectivity index (χ4v) is 4.17. The topological polar surface area (TPSA) is 95.3 Å². The van der Waals surface area contributed by atoms with Gasteiger partial charge in [0.2, 0.25) is 17.5 Å². The van der Waals surface area contributed by atoms with Crippen LogP contribution >= 0.6 is 0 Å². The molecule has 1 saturated heterocycles. The van der Waals surface area contributed by atoms with Gasteiger partial charge in [0.25, 0.3) is 5.89 Å². The molecule has 2 aromatic rings. The molecule has 7 nitrogen and oxygen atoms in total. The van der Waals surface area contributed by atoms with Crippen LogP contribution in [0.5, 0.6) is 0 Å². The van der Waals surface area contributed by atoms with E-state index in [0.29, 0.717) is 36.7 Å². The third-order valence-electron chi connectivity index (χ3n) is 5.96. The molecule has 0 radical (unpaired) electrons. The number of amides is 1. The van der Waals surface area contributed by atoms with Crippen molar-refractivity contribution in [2.24, 2.45) is 11.8 Å². The van der Waals surface area contributed by atoms with E-state index >= 15 is 0 Å². The maximum absolute atomic E-state index is 12.6. The summed E-state index contributed by atoms with van der Waals surface area (Å²) in [6, 6.07) is 5.93. The number of anilines is 1. The molecule has 1 amide bonds. The lowest BCUT2D eigenvalue weighted by Crippen LogP contribution is -2.44. The molecule has 1 saturated carbocycles. The van der Waals surface area contributed by atoms with Crippen LogP contribution in [0.15, 0.2) is 27.2 Å². The Morgan fingerprint density at radius 2 is 2.00 bits per heavy atom. The van der Waals surface area contributed by atoms with E-state index in [1.165, 1.54) is 12.8 Å². The minimum atomic E-state index is 0.0219. The number of rotatable bonds is 4. The van der Waals surface area contributed by atoms with Crippen molar-refractivity contribution < 1.29 is 13.6 Å². The zero-order valence-electron chi connectivity index (χ0n) is 16.2. The first-order valence-corrected chi connectivity index (χ1v) is 10.1. The summed E-state index contributed by atoms with van der Waals surface area (Å²) in [5, 5.41) is 12.7. The summed E-state index contributed by atoms with van der Waals surface area (Å²) in [7, 11) is 0. The molecule has 2 fully saturated rings. The highest BCUT2D eigenvalue weighted by Gasteiger charge is 2.30. The van der Waals surface area contributed by atoms with E-state index in [4.69, 9.17) is 8.83 Å². The van der Waals surface area contributed by atoms with E-state index in [1.54, 1.807) is 18.4 Å². The number of aromatic nitrogens is 1. The number of piperidine rings is 1. The Hall–Kier alpha value is -2.75. The van der Waals surface area contributed by atoms with Crippen LogP contribution in [0.2, 0.25) is 0 Å². The molecule has 2 aromatic heterocycles. The van der Waals surface area contributed by atoms with Crippen LogP contribution in [0.1, 0.15) is 51.1 Å².